The highest BCUT2D eigenvalue weighted by atomic mass is 16.6. The molecule has 0 bridgehead atoms. The van der Waals surface area contributed by atoms with Gasteiger partial charge in [-0.25, -0.2) is 4.79 Å². The van der Waals surface area contributed by atoms with Gasteiger partial charge in [0, 0.05) is 19.6 Å². The minimum Gasteiger partial charge on any atom is -0.469 e. The molecule has 1 amide bonds. The summed E-state index contributed by atoms with van der Waals surface area (Å²) in [6.45, 7) is 2.66. The van der Waals surface area contributed by atoms with Gasteiger partial charge in [-0.3, -0.25) is 14.6 Å². The zero-order valence-corrected chi connectivity index (χ0v) is 9.35. The average molecular weight is 228 g/mol. The van der Waals surface area contributed by atoms with Crippen LogP contribution in [-0.2, 0) is 14.3 Å². The van der Waals surface area contributed by atoms with E-state index in [0.29, 0.717) is 19.6 Å². The first-order valence-electron chi connectivity index (χ1n) is 5.46. The molecule has 2 rings (SSSR count). The summed E-state index contributed by atoms with van der Waals surface area (Å²) in [4.78, 5) is 26.2. The van der Waals surface area contributed by atoms with Crippen LogP contribution in [0, 0.1) is 0 Å². The van der Waals surface area contributed by atoms with Gasteiger partial charge in [0.05, 0.1) is 13.5 Å². The smallest absolute Gasteiger partial charge is 0.411 e. The maximum absolute atomic E-state index is 11.3. The molecule has 0 aromatic rings. The molecule has 16 heavy (non-hydrogen) atoms. The number of esters is 1. The van der Waals surface area contributed by atoms with Gasteiger partial charge in [-0.2, -0.15) is 0 Å². The second-order valence-electron chi connectivity index (χ2n) is 3.97. The van der Waals surface area contributed by atoms with E-state index in [0.717, 1.165) is 19.5 Å². The minimum absolute atomic E-state index is 0.00547. The van der Waals surface area contributed by atoms with Crippen LogP contribution >= 0.6 is 0 Å². The van der Waals surface area contributed by atoms with E-state index in [1.165, 1.54) is 7.11 Å². The third kappa shape index (κ3) is 2.11. The lowest BCUT2D eigenvalue weighted by atomic mass is 10.2. The Morgan fingerprint density at radius 1 is 1.56 bits per heavy atom. The molecule has 2 aliphatic heterocycles. The van der Waals surface area contributed by atoms with Gasteiger partial charge >= 0.3 is 12.1 Å². The zero-order chi connectivity index (χ0) is 11.5. The SMILES string of the molecule is COC(=O)CCN1CCCN2C(=O)OC[C@H]12. The quantitative estimate of drug-likeness (QED) is 0.638. The number of hydrogen-bond donors (Lipinski definition) is 0. The molecule has 0 radical (unpaired) electrons. The molecule has 0 N–H and O–H groups in total. The van der Waals surface area contributed by atoms with E-state index in [9.17, 15) is 9.59 Å². The summed E-state index contributed by atoms with van der Waals surface area (Å²) >= 11 is 0. The number of carbonyl (C=O) groups excluding carboxylic acids is 2. The van der Waals surface area contributed by atoms with Gasteiger partial charge in [0.1, 0.15) is 12.8 Å². The lowest BCUT2D eigenvalue weighted by molar-refractivity contribution is -0.141. The maximum atomic E-state index is 11.3. The highest BCUT2D eigenvalue weighted by Gasteiger charge is 2.39. The standard InChI is InChI=1S/C10H16N2O4/c1-15-9(13)3-6-11-4-2-5-12-8(11)7-16-10(12)14/h8H,2-7H2,1H3/t8-/m1/s1. The summed E-state index contributed by atoms with van der Waals surface area (Å²) in [6, 6.07) is 0. The van der Waals surface area contributed by atoms with Gasteiger partial charge in [0.2, 0.25) is 0 Å². The summed E-state index contributed by atoms with van der Waals surface area (Å²) in [5.74, 6) is -0.220. The molecule has 0 aromatic carbocycles. The number of amides is 1. The lowest BCUT2D eigenvalue weighted by Gasteiger charge is -2.37. The van der Waals surface area contributed by atoms with Crippen LogP contribution in [-0.4, -0.2) is 61.4 Å². The molecule has 0 spiro atoms. The van der Waals surface area contributed by atoms with Crippen molar-refractivity contribution in [3.63, 3.8) is 0 Å². The fourth-order valence-electron chi connectivity index (χ4n) is 2.17. The number of fused-ring (bicyclic) bond motifs is 1. The topological polar surface area (TPSA) is 59.1 Å². The summed E-state index contributed by atoms with van der Waals surface area (Å²) in [6.07, 6.45) is 1.04. The molecule has 2 heterocycles. The number of ether oxygens (including phenoxy) is 2. The normalized spacial score (nSPS) is 25.2. The lowest BCUT2D eigenvalue weighted by Crippen LogP contribution is -2.53. The van der Waals surface area contributed by atoms with E-state index >= 15 is 0 Å². The molecule has 0 saturated carbocycles. The zero-order valence-electron chi connectivity index (χ0n) is 9.35. The van der Waals surface area contributed by atoms with Crippen molar-refractivity contribution in [3.05, 3.63) is 0 Å². The number of hydrogen-bond acceptors (Lipinski definition) is 5. The summed E-state index contributed by atoms with van der Waals surface area (Å²) in [5, 5.41) is 0. The Bertz CT molecular complexity index is 295. The summed E-state index contributed by atoms with van der Waals surface area (Å²) < 4.78 is 9.59. The predicted octanol–water partition coefficient (Wildman–Crippen LogP) is 0.0335. The van der Waals surface area contributed by atoms with Gasteiger partial charge in [-0.15, -0.1) is 0 Å². The van der Waals surface area contributed by atoms with Crippen molar-refractivity contribution in [1.82, 2.24) is 9.80 Å². The Kier molecular flexibility index (Phi) is 3.28. The van der Waals surface area contributed by atoms with Crippen molar-refractivity contribution in [2.45, 2.75) is 19.0 Å². The highest BCUT2D eigenvalue weighted by Crippen LogP contribution is 2.21. The first-order valence-corrected chi connectivity index (χ1v) is 5.46. The van der Waals surface area contributed by atoms with Crippen molar-refractivity contribution >= 4 is 12.1 Å². The van der Waals surface area contributed by atoms with Crippen molar-refractivity contribution in [3.8, 4) is 0 Å². The molecular weight excluding hydrogens is 212 g/mol. The summed E-state index contributed by atoms with van der Waals surface area (Å²) in [5.41, 5.74) is 0. The van der Waals surface area contributed by atoms with E-state index in [1.54, 1.807) is 4.90 Å². The van der Waals surface area contributed by atoms with Gasteiger partial charge in [0.15, 0.2) is 0 Å². The first-order chi connectivity index (χ1) is 7.72. The van der Waals surface area contributed by atoms with Crippen LogP contribution in [0.1, 0.15) is 12.8 Å². The fourth-order valence-corrected chi connectivity index (χ4v) is 2.17. The van der Waals surface area contributed by atoms with Crippen LogP contribution in [0.3, 0.4) is 0 Å². The van der Waals surface area contributed by atoms with Crippen LogP contribution in [0.25, 0.3) is 0 Å². The van der Waals surface area contributed by atoms with Crippen LogP contribution < -0.4 is 0 Å². The molecule has 0 unspecified atom stereocenters. The number of carbonyl (C=O) groups is 2. The molecule has 2 aliphatic rings. The van der Waals surface area contributed by atoms with Crippen LogP contribution in [0.5, 0.6) is 0 Å². The third-order valence-corrected chi connectivity index (χ3v) is 3.05. The minimum atomic E-state index is -0.243. The molecule has 2 saturated heterocycles. The first kappa shape index (κ1) is 11.2. The molecule has 1 atom stereocenters. The number of cyclic esters (lactones) is 1. The Hall–Kier alpha value is -1.30. The molecule has 6 heteroatoms. The second kappa shape index (κ2) is 4.69. The Balaban J connectivity index is 1.89. The van der Waals surface area contributed by atoms with Crippen LogP contribution in [0.4, 0.5) is 4.79 Å². The van der Waals surface area contributed by atoms with Gasteiger partial charge in [0.25, 0.3) is 0 Å². The second-order valence-corrected chi connectivity index (χ2v) is 3.97. The number of methoxy groups -OCH3 is 1. The molecule has 0 aliphatic carbocycles. The van der Waals surface area contributed by atoms with Crippen LogP contribution in [0.2, 0.25) is 0 Å². The fraction of sp³-hybridized carbons (Fsp3) is 0.800. The van der Waals surface area contributed by atoms with Gasteiger partial charge in [-0.1, -0.05) is 0 Å². The van der Waals surface area contributed by atoms with E-state index < -0.39 is 0 Å². The Labute approximate surface area is 94.1 Å². The van der Waals surface area contributed by atoms with Crippen molar-refractivity contribution in [2.75, 3.05) is 33.4 Å². The molecule has 90 valence electrons. The third-order valence-electron chi connectivity index (χ3n) is 3.05. The Morgan fingerprint density at radius 3 is 3.12 bits per heavy atom. The van der Waals surface area contributed by atoms with Gasteiger partial charge in [-0.05, 0) is 6.42 Å². The monoisotopic (exact) mass is 228 g/mol. The highest BCUT2D eigenvalue weighted by molar-refractivity contribution is 5.70. The van der Waals surface area contributed by atoms with Crippen LogP contribution in [0.15, 0.2) is 0 Å². The number of nitrogens with zero attached hydrogens (tertiary/aromatic N) is 2. The Morgan fingerprint density at radius 2 is 2.38 bits per heavy atom. The van der Waals surface area contributed by atoms with Gasteiger partial charge < -0.3 is 9.47 Å². The summed E-state index contributed by atoms with van der Waals surface area (Å²) in [7, 11) is 1.38. The molecular formula is C10H16N2O4. The van der Waals surface area contributed by atoms with E-state index in [-0.39, 0.29) is 18.2 Å². The van der Waals surface area contributed by atoms with Crippen molar-refractivity contribution < 1.29 is 19.1 Å². The van der Waals surface area contributed by atoms with E-state index in [1.807, 2.05) is 0 Å². The van der Waals surface area contributed by atoms with E-state index in [2.05, 4.69) is 9.64 Å². The largest absolute Gasteiger partial charge is 0.469 e. The molecule has 6 nitrogen and oxygen atoms in total. The van der Waals surface area contributed by atoms with Crippen molar-refractivity contribution in [1.29, 1.82) is 0 Å². The van der Waals surface area contributed by atoms with Crippen molar-refractivity contribution in [2.24, 2.45) is 0 Å². The number of rotatable bonds is 3. The predicted molar refractivity (Wildman–Crippen MR) is 54.7 cm³/mol. The average Bonchev–Trinajstić information content (AvgIpc) is 2.69. The molecule has 0 aromatic heterocycles. The molecule has 2 fully saturated rings. The van der Waals surface area contributed by atoms with E-state index in [4.69, 9.17) is 4.74 Å². The maximum Gasteiger partial charge on any atom is 0.411 e.